The van der Waals surface area contributed by atoms with Gasteiger partial charge >= 0.3 is 0 Å². The van der Waals surface area contributed by atoms with Crippen LogP contribution in [0.5, 0.6) is 5.75 Å². The van der Waals surface area contributed by atoms with Crippen LogP contribution in [0.2, 0.25) is 10.0 Å². The first-order valence-electron chi connectivity index (χ1n) is 6.36. The summed E-state index contributed by atoms with van der Waals surface area (Å²) in [6.07, 6.45) is 0. The Balaban J connectivity index is 2.67. The number of hydrogen-bond donors (Lipinski definition) is 1. The highest BCUT2D eigenvalue weighted by atomic mass is 35.5. The lowest BCUT2D eigenvalue weighted by Gasteiger charge is -2.29. The Labute approximate surface area is 133 Å². The Bertz CT molecular complexity index is 686. The molecule has 0 aromatic heterocycles. The van der Waals surface area contributed by atoms with Crippen molar-refractivity contribution in [1.82, 2.24) is 0 Å². The average molecular weight is 328 g/mol. The quantitative estimate of drug-likeness (QED) is 0.831. The molecule has 0 aliphatic carbocycles. The highest BCUT2D eigenvalue weighted by Crippen LogP contribution is 2.38. The number of methoxy groups -OCH3 is 1. The maximum atomic E-state index is 13.8. The molecule has 0 saturated carbocycles. The zero-order valence-electron chi connectivity index (χ0n) is 12.0. The van der Waals surface area contributed by atoms with E-state index in [1.54, 1.807) is 14.0 Å². The van der Waals surface area contributed by atoms with E-state index < -0.39 is 11.4 Å². The number of ether oxygens (including phenoxy) is 1. The van der Waals surface area contributed by atoms with E-state index in [9.17, 15) is 4.39 Å². The Morgan fingerprint density at radius 1 is 1.10 bits per heavy atom. The van der Waals surface area contributed by atoms with Crippen molar-refractivity contribution >= 4 is 23.2 Å². The van der Waals surface area contributed by atoms with Gasteiger partial charge in [-0.3, -0.25) is 0 Å². The van der Waals surface area contributed by atoms with E-state index >= 15 is 0 Å². The van der Waals surface area contributed by atoms with Crippen LogP contribution in [0.4, 0.5) is 4.39 Å². The first-order chi connectivity index (χ1) is 9.77. The van der Waals surface area contributed by atoms with Gasteiger partial charge in [-0.25, -0.2) is 4.39 Å². The van der Waals surface area contributed by atoms with Crippen molar-refractivity contribution in [3.63, 3.8) is 0 Å². The van der Waals surface area contributed by atoms with Gasteiger partial charge in [0.2, 0.25) is 0 Å². The summed E-state index contributed by atoms with van der Waals surface area (Å²) in [7, 11) is 1.56. The number of aryl methyl sites for hydroxylation is 1. The van der Waals surface area contributed by atoms with Crippen LogP contribution in [0, 0.1) is 12.7 Å². The smallest absolute Gasteiger partial charge is 0.142 e. The van der Waals surface area contributed by atoms with Gasteiger partial charge in [0.1, 0.15) is 11.6 Å². The second-order valence-electron chi connectivity index (χ2n) is 5.15. The van der Waals surface area contributed by atoms with Crippen LogP contribution in [-0.2, 0) is 5.54 Å². The van der Waals surface area contributed by atoms with Gasteiger partial charge in [0, 0.05) is 10.6 Å². The van der Waals surface area contributed by atoms with Crippen molar-refractivity contribution in [2.24, 2.45) is 5.73 Å². The summed E-state index contributed by atoms with van der Waals surface area (Å²) in [6, 6.07) is 8.29. The highest BCUT2D eigenvalue weighted by Gasteiger charge is 2.30. The van der Waals surface area contributed by atoms with E-state index in [4.69, 9.17) is 33.7 Å². The summed E-state index contributed by atoms with van der Waals surface area (Å²) < 4.78 is 19.1. The molecule has 1 atom stereocenters. The minimum Gasteiger partial charge on any atom is -0.496 e. The summed E-state index contributed by atoms with van der Waals surface area (Å²) in [4.78, 5) is 0. The van der Waals surface area contributed by atoms with Crippen molar-refractivity contribution in [3.8, 4) is 5.75 Å². The van der Waals surface area contributed by atoms with Gasteiger partial charge in [-0.2, -0.15) is 0 Å². The molecule has 0 radical (unpaired) electrons. The molecule has 0 bridgehead atoms. The first-order valence-corrected chi connectivity index (χ1v) is 7.12. The summed E-state index contributed by atoms with van der Waals surface area (Å²) in [5, 5.41) is 0.283. The van der Waals surface area contributed by atoms with E-state index in [1.807, 2.05) is 25.1 Å². The van der Waals surface area contributed by atoms with E-state index in [-0.39, 0.29) is 5.02 Å². The second-order valence-corrected chi connectivity index (χ2v) is 5.97. The topological polar surface area (TPSA) is 35.2 Å². The molecule has 21 heavy (non-hydrogen) atoms. The van der Waals surface area contributed by atoms with E-state index in [0.29, 0.717) is 16.3 Å². The lowest BCUT2D eigenvalue weighted by molar-refractivity contribution is 0.398. The molecule has 2 nitrogen and oxygen atoms in total. The molecular formula is C16H16Cl2FNO. The third-order valence-corrected chi connectivity index (χ3v) is 4.09. The molecular weight excluding hydrogens is 312 g/mol. The maximum absolute atomic E-state index is 13.8. The molecule has 0 aliphatic rings. The third kappa shape index (κ3) is 3.00. The van der Waals surface area contributed by atoms with Crippen molar-refractivity contribution in [3.05, 3.63) is 62.9 Å². The van der Waals surface area contributed by atoms with Crippen molar-refractivity contribution < 1.29 is 9.13 Å². The minimum atomic E-state index is -1.01. The standard InChI is InChI=1S/C16H16Cl2FNO/c1-9-4-5-15(21-3)11(6-9)16(2,20)10-7-14(19)13(18)8-12(10)17/h4-8H,20H2,1-3H3. The lowest BCUT2D eigenvalue weighted by Crippen LogP contribution is -2.35. The number of nitrogens with two attached hydrogens (primary N) is 1. The average Bonchev–Trinajstić information content (AvgIpc) is 2.42. The fourth-order valence-electron chi connectivity index (χ4n) is 2.29. The van der Waals surface area contributed by atoms with Crippen LogP contribution in [-0.4, -0.2) is 7.11 Å². The molecule has 0 spiro atoms. The zero-order chi connectivity index (χ0) is 15.8. The van der Waals surface area contributed by atoms with E-state index in [1.165, 1.54) is 12.1 Å². The fraction of sp³-hybridized carbons (Fsp3) is 0.250. The summed E-state index contributed by atoms with van der Waals surface area (Å²) in [5.74, 6) is 0.0661. The molecule has 5 heteroatoms. The highest BCUT2D eigenvalue weighted by molar-refractivity contribution is 6.35. The fourth-order valence-corrected chi connectivity index (χ4v) is 2.87. The monoisotopic (exact) mass is 327 g/mol. The van der Waals surface area contributed by atoms with Gasteiger partial charge in [0.05, 0.1) is 17.7 Å². The molecule has 2 N–H and O–H groups in total. The van der Waals surface area contributed by atoms with E-state index in [0.717, 1.165) is 11.1 Å². The predicted octanol–water partition coefficient (Wildman–Crippen LogP) is 4.67. The number of benzene rings is 2. The summed E-state index contributed by atoms with van der Waals surface area (Å²) >= 11 is 11.9. The van der Waals surface area contributed by atoms with Crippen LogP contribution in [0.25, 0.3) is 0 Å². The summed E-state index contributed by atoms with van der Waals surface area (Å²) in [6.45, 7) is 3.71. The Morgan fingerprint density at radius 2 is 1.76 bits per heavy atom. The minimum absolute atomic E-state index is 0.0317. The van der Waals surface area contributed by atoms with Gasteiger partial charge in [-0.05, 0) is 37.6 Å². The molecule has 112 valence electrons. The normalized spacial score (nSPS) is 13.9. The Morgan fingerprint density at radius 3 is 2.38 bits per heavy atom. The van der Waals surface area contributed by atoms with Gasteiger partial charge in [-0.1, -0.05) is 40.9 Å². The van der Waals surface area contributed by atoms with Gasteiger partial charge in [-0.15, -0.1) is 0 Å². The molecule has 2 aromatic carbocycles. The Hall–Kier alpha value is -1.29. The van der Waals surface area contributed by atoms with Crippen LogP contribution in [0.3, 0.4) is 0 Å². The lowest BCUT2D eigenvalue weighted by atomic mass is 9.84. The summed E-state index contributed by atoms with van der Waals surface area (Å²) in [5.41, 5.74) is 7.64. The molecule has 0 heterocycles. The number of rotatable bonds is 3. The SMILES string of the molecule is COc1ccc(C)cc1C(C)(N)c1cc(F)c(Cl)cc1Cl. The number of halogens is 3. The van der Waals surface area contributed by atoms with Crippen LogP contribution >= 0.6 is 23.2 Å². The Kier molecular flexibility index (Phi) is 4.47. The maximum Gasteiger partial charge on any atom is 0.142 e. The molecule has 0 fully saturated rings. The van der Waals surface area contributed by atoms with Gasteiger partial charge in [0.15, 0.2) is 0 Å². The molecule has 0 amide bonds. The van der Waals surface area contributed by atoms with Crippen molar-refractivity contribution in [2.45, 2.75) is 19.4 Å². The second kappa shape index (κ2) is 5.84. The largest absolute Gasteiger partial charge is 0.496 e. The molecule has 0 saturated heterocycles. The van der Waals surface area contributed by atoms with Crippen LogP contribution in [0.1, 0.15) is 23.6 Å². The van der Waals surface area contributed by atoms with Gasteiger partial charge in [0.25, 0.3) is 0 Å². The first kappa shape index (κ1) is 16.1. The van der Waals surface area contributed by atoms with Crippen molar-refractivity contribution in [2.75, 3.05) is 7.11 Å². The third-order valence-electron chi connectivity index (χ3n) is 3.48. The predicted molar refractivity (Wildman–Crippen MR) is 84.8 cm³/mol. The van der Waals surface area contributed by atoms with Crippen LogP contribution in [0.15, 0.2) is 30.3 Å². The van der Waals surface area contributed by atoms with Crippen molar-refractivity contribution in [1.29, 1.82) is 0 Å². The molecule has 1 unspecified atom stereocenters. The molecule has 0 aliphatic heterocycles. The molecule has 2 rings (SSSR count). The number of hydrogen-bond acceptors (Lipinski definition) is 2. The molecule has 2 aromatic rings. The zero-order valence-corrected chi connectivity index (χ0v) is 13.5. The van der Waals surface area contributed by atoms with E-state index in [2.05, 4.69) is 0 Å². The van der Waals surface area contributed by atoms with Crippen LogP contribution < -0.4 is 10.5 Å². The van der Waals surface area contributed by atoms with Gasteiger partial charge < -0.3 is 10.5 Å².